The number of benzene rings is 3. The van der Waals surface area contributed by atoms with Crippen LogP contribution in [0.3, 0.4) is 0 Å². The zero-order valence-corrected chi connectivity index (χ0v) is 17.2. The molecular weight excluding hydrogens is 421 g/mol. The van der Waals surface area contributed by atoms with Gasteiger partial charge in [0.15, 0.2) is 5.69 Å². The average Bonchev–Trinajstić information content (AvgIpc) is 2.77. The first kappa shape index (κ1) is 20.6. The van der Waals surface area contributed by atoms with Crippen molar-refractivity contribution in [1.82, 2.24) is 9.78 Å². The summed E-state index contributed by atoms with van der Waals surface area (Å²) in [7, 11) is 0. The van der Waals surface area contributed by atoms with Crippen molar-refractivity contribution in [2.24, 2.45) is 0 Å². The molecule has 1 aromatic heterocycles. The molecule has 0 aliphatic rings. The van der Waals surface area contributed by atoms with Crippen molar-refractivity contribution in [3.05, 3.63) is 93.6 Å². The number of carbonyl (C=O) groups excluding carboxylic acids is 1. The van der Waals surface area contributed by atoms with E-state index in [9.17, 15) is 14.0 Å². The Morgan fingerprint density at radius 3 is 2.48 bits per heavy atom. The summed E-state index contributed by atoms with van der Waals surface area (Å²) in [5, 5.41) is 7.74. The van der Waals surface area contributed by atoms with Crippen molar-refractivity contribution in [2.45, 2.75) is 6.92 Å². The summed E-state index contributed by atoms with van der Waals surface area (Å²) in [5.41, 5.74) is 0.381. The molecule has 6 nitrogen and oxygen atoms in total. The third-order valence-electron chi connectivity index (χ3n) is 4.59. The van der Waals surface area contributed by atoms with E-state index in [1.54, 1.807) is 48.5 Å². The van der Waals surface area contributed by atoms with Crippen molar-refractivity contribution in [1.29, 1.82) is 0 Å². The predicted octanol–water partition coefficient (Wildman–Crippen LogP) is 4.83. The Morgan fingerprint density at radius 2 is 1.81 bits per heavy atom. The number of amides is 1. The Labute approximate surface area is 181 Å². The minimum absolute atomic E-state index is 0.0319. The van der Waals surface area contributed by atoms with Crippen LogP contribution in [-0.2, 0) is 0 Å². The summed E-state index contributed by atoms with van der Waals surface area (Å²) in [4.78, 5) is 26.1. The van der Waals surface area contributed by atoms with E-state index in [0.717, 1.165) is 6.07 Å². The highest BCUT2D eigenvalue weighted by Gasteiger charge is 2.18. The molecule has 0 fully saturated rings. The van der Waals surface area contributed by atoms with Crippen LogP contribution in [0.4, 0.5) is 10.1 Å². The normalized spacial score (nSPS) is 10.8. The van der Waals surface area contributed by atoms with E-state index in [1.165, 1.54) is 16.8 Å². The van der Waals surface area contributed by atoms with Crippen LogP contribution in [0.25, 0.3) is 16.5 Å². The monoisotopic (exact) mass is 437 g/mol. The maximum absolute atomic E-state index is 13.3. The lowest BCUT2D eigenvalue weighted by molar-refractivity contribution is 0.102. The van der Waals surface area contributed by atoms with Crippen LogP contribution in [0.1, 0.15) is 17.4 Å². The first-order valence-corrected chi connectivity index (χ1v) is 9.87. The first-order valence-electron chi connectivity index (χ1n) is 9.49. The summed E-state index contributed by atoms with van der Waals surface area (Å²) < 4.78 is 19.9. The fourth-order valence-corrected chi connectivity index (χ4v) is 3.37. The van der Waals surface area contributed by atoms with Crippen LogP contribution in [0.2, 0.25) is 5.02 Å². The van der Waals surface area contributed by atoms with Crippen LogP contribution in [0.15, 0.2) is 71.5 Å². The van der Waals surface area contributed by atoms with Crippen molar-refractivity contribution in [3.8, 4) is 11.4 Å². The summed E-state index contributed by atoms with van der Waals surface area (Å²) in [6.07, 6.45) is 0. The molecule has 0 aliphatic heterocycles. The summed E-state index contributed by atoms with van der Waals surface area (Å²) in [6.45, 7) is 2.39. The van der Waals surface area contributed by atoms with E-state index < -0.39 is 11.7 Å². The summed E-state index contributed by atoms with van der Waals surface area (Å²) in [5.74, 6) is -0.441. The smallest absolute Gasteiger partial charge is 0.279 e. The minimum atomic E-state index is -0.579. The molecule has 0 unspecified atom stereocenters. The third-order valence-corrected chi connectivity index (χ3v) is 4.90. The van der Waals surface area contributed by atoms with Gasteiger partial charge >= 0.3 is 0 Å². The molecule has 4 aromatic rings. The second-order valence-electron chi connectivity index (χ2n) is 6.62. The fraction of sp³-hybridized carbons (Fsp3) is 0.0870. The molecule has 0 saturated carbocycles. The number of rotatable bonds is 5. The zero-order valence-electron chi connectivity index (χ0n) is 16.4. The highest BCUT2D eigenvalue weighted by molar-refractivity contribution is 6.34. The Balaban J connectivity index is 1.82. The van der Waals surface area contributed by atoms with Crippen LogP contribution in [0.5, 0.6) is 5.75 Å². The Bertz CT molecular complexity index is 1340. The molecule has 4 rings (SSSR count). The van der Waals surface area contributed by atoms with Gasteiger partial charge in [-0.2, -0.15) is 9.78 Å². The van der Waals surface area contributed by atoms with Gasteiger partial charge in [-0.25, -0.2) is 4.39 Å². The molecule has 31 heavy (non-hydrogen) atoms. The molecule has 3 aromatic carbocycles. The Kier molecular flexibility index (Phi) is 5.68. The van der Waals surface area contributed by atoms with Gasteiger partial charge in [-0.05, 0) is 55.5 Å². The van der Waals surface area contributed by atoms with Gasteiger partial charge < -0.3 is 10.1 Å². The van der Waals surface area contributed by atoms with E-state index in [1.807, 2.05) is 6.92 Å². The SMILES string of the molecule is CCOc1ccc(-n2nc(C(=O)Nc3ccc(F)cc3Cl)c3ccccc3c2=O)cc1. The lowest BCUT2D eigenvalue weighted by atomic mass is 10.1. The van der Waals surface area contributed by atoms with E-state index in [2.05, 4.69) is 10.4 Å². The van der Waals surface area contributed by atoms with Crippen molar-refractivity contribution in [2.75, 3.05) is 11.9 Å². The van der Waals surface area contributed by atoms with Gasteiger partial charge in [0.05, 0.1) is 28.4 Å². The number of carbonyl (C=O) groups is 1. The molecule has 1 N–H and O–H groups in total. The van der Waals surface area contributed by atoms with Gasteiger partial charge in [-0.1, -0.05) is 29.8 Å². The quantitative estimate of drug-likeness (QED) is 0.485. The van der Waals surface area contributed by atoms with Gasteiger partial charge in [0.2, 0.25) is 0 Å². The molecule has 0 bridgehead atoms. The van der Waals surface area contributed by atoms with Crippen molar-refractivity contribution in [3.63, 3.8) is 0 Å². The molecule has 0 radical (unpaired) electrons. The van der Waals surface area contributed by atoms with Crippen LogP contribution in [-0.4, -0.2) is 22.3 Å². The van der Waals surface area contributed by atoms with E-state index in [4.69, 9.17) is 16.3 Å². The molecule has 0 saturated heterocycles. The summed E-state index contributed by atoms with van der Waals surface area (Å²) in [6, 6.07) is 17.2. The number of ether oxygens (including phenoxy) is 1. The van der Waals surface area contributed by atoms with Crippen LogP contribution < -0.4 is 15.6 Å². The largest absolute Gasteiger partial charge is 0.494 e. The van der Waals surface area contributed by atoms with Gasteiger partial charge in [0.1, 0.15) is 11.6 Å². The highest BCUT2D eigenvalue weighted by atomic mass is 35.5. The standard InChI is InChI=1S/C23H17ClFN3O3/c1-2-31-16-10-8-15(9-11-16)28-23(30)18-6-4-3-5-17(18)21(27-28)22(29)26-20-12-7-14(25)13-19(20)24/h3-13H,2H2,1H3,(H,26,29). The Morgan fingerprint density at radius 1 is 1.10 bits per heavy atom. The first-order chi connectivity index (χ1) is 15.0. The maximum atomic E-state index is 13.3. The molecule has 0 spiro atoms. The molecule has 0 atom stereocenters. The van der Waals surface area contributed by atoms with Crippen molar-refractivity contribution < 1.29 is 13.9 Å². The maximum Gasteiger partial charge on any atom is 0.279 e. The van der Waals surface area contributed by atoms with Crippen molar-refractivity contribution >= 4 is 34.0 Å². The number of anilines is 1. The molecular formula is C23H17ClFN3O3. The van der Waals surface area contributed by atoms with E-state index in [-0.39, 0.29) is 22.0 Å². The topological polar surface area (TPSA) is 73.2 Å². The van der Waals surface area contributed by atoms with Gasteiger partial charge in [0.25, 0.3) is 11.5 Å². The average molecular weight is 438 g/mol. The van der Waals surface area contributed by atoms with Crippen LogP contribution >= 0.6 is 11.6 Å². The van der Waals surface area contributed by atoms with E-state index >= 15 is 0 Å². The van der Waals surface area contributed by atoms with Gasteiger partial charge in [-0.3, -0.25) is 9.59 Å². The minimum Gasteiger partial charge on any atom is -0.494 e. The number of nitrogens with one attached hydrogen (secondary N) is 1. The van der Waals surface area contributed by atoms with E-state index in [0.29, 0.717) is 28.8 Å². The summed E-state index contributed by atoms with van der Waals surface area (Å²) >= 11 is 6.03. The number of hydrogen-bond donors (Lipinski definition) is 1. The zero-order chi connectivity index (χ0) is 22.0. The lowest BCUT2D eigenvalue weighted by Crippen LogP contribution is -2.26. The number of aromatic nitrogens is 2. The molecule has 1 amide bonds. The van der Waals surface area contributed by atoms with Gasteiger partial charge in [-0.15, -0.1) is 0 Å². The Hall–Kier alpha value is -3.71. The molecule has 1 heterocycles. The molecule has 8 heteroatoms. The number of fused-ring (bicyclic) bond motifs is 1. The molecule has 156 valence electrons. The lowest BCUT2D eigenvalue weighted by Gasteiger charge is -2.12. The molecule has 0 aliphatic carbocycles. The number of nitrogens with zero attached hydrogens (tertiary/aromatic N) is 2. The number of hydrogen-bond acceptors (Lipinski definition) is 4. The van der Waals surface area contributed by atoms with Crippen LogP contribution in [0, 0.1) is 5.82 Å². The second kappa shape index (κ2) is 8.57. The third kappa shape index (κ3) is 4.13. The fourth-order valence-electron chi connectivity index (χ4n) is 3.15. The van der Waals surface area contributed by atoms with Gasteiger partial charge in [0, 0.05) is 5.39 Å². The number of halogens is 2. The second-order valence-corrected chi connectivity index (χ2v) is 7.02. The predicted molar refractivity (Wildman–Crippen MR) is 118 cm³/mol. The highest BCUT2D eigenvalue weighted by Crippen LogP contribution is 2.24.